The third-order valence-electron chi connectivity index (χ3n) is 6.67. The van der Waals surface area contributed by atoms with Crippen LogP contribution < -0.4 is 5.32 Å². The number of alkyl halides is 3. The van der Waals surface area contributed by atoms with E-state index in [0.717, 1.165) is 29.7 Å². The van der Waals surface area contributed by atoms with Crippen LogP contribution >= 0.6 is 0 Å². The third kappa shape index (κ3) is 6.32. The van der Waals surface area contributed by atoms with Gasteiger partial charge >= 0.3 is 6.18 Å². The first-order chi connectivity index (χ1) is 19.1. The van der Waals surface area contributed by atoms with Crippen molar-refractivity contribution < 1.29 is 22.1 Å². The fourth-order valence-corrected chi connectivity index (χ4v) is 5.76. The number of morpholine rings is 1. The van der Waals surface area contributed by atoms with Gasteiger partial charge in [0.1, 0.15) is 27.7 Å². The number of nitrogens with one attached hydrogen (secondary N) is 1. The molecule has 0 aliphatic carbocycles. The van der Waals surface area contributed by atoms with Crippen LogP contribution in [-0.2, 0) is 32.5 Å². The Hall–Kier alpha value is -3.41. The van der Waals surface area contributed by atoms with E-state index < -0.39 is 22.5 Å². The van der Waals surface area contributed by atoms with Crippen molar-refractivity contribution in [2.24, 2.45) is 0 Å². The lowest BCUT2D eigenvalue weighted by Gasteiger charge is -2.30. The zero-order valence-corrected chi connectivity index (χ0v) is 23.3. The molecular weight excluding hydrogens is 539 g/mol. The molecular formula is C29H31F3N5O2S+. The summed E-state index contributed by atoms with van der Waals surface area (Å²) < 4.78 is 59.3. The number of benzene rings is 2. The number of fused-ring (bicyclic) bond motifs is 1. The molecule has 7 nitrogen and oxygen atoms in total. The van der Waals surface area contributed by atoms with Gasteiger partial charge in [-0.1, -0.05) is 6.07 Å². The number of anilines is 2. The van der Waals surface area contributed by atoms with E-state index in [9.17, 15) is 17.4 Å². The number of pyridine rings is 1. The van der Waals surface area contributed by atoms with Crippen LogP contribution in [0.4, 0.5) is 24.7 Å². The smallest absolute Gasteiger partial charge is 0.376 e. The highest BCUT2D eigenvalue weighted by molar-refractivity contribution is 7.85. The first kappa shape index (κ1) is 28.1. The maximum Gasteiger partial charge on any atom is 0.418 e. The highest BCUT2D eigenvalue weighted by Gasteiger charge is 2.34. The van der Waals surface area contributed by atoms with Crippen molar-refractivity contribution in [3.05, 3.63) is 72.2 Å². The van der Waals surface area contributed by atoms with Gasteiger partial charge in [-0.15, -0.1) is 4.21 Å². The summed E-state index contributed by atoms with van der Waals surface area (Å²) >= 11 is 0. The second-order valence-corrected chi connectivity index (χ2v) is 12.3. The lowest BCUT2D eigenvalue weighted by molar-refractivity contribution is -0.137. The summed E-state index contributed by atoms with van der Waals surface area (Å²) in [5, 5.41) is 4.03. The van der Waals surface area contributed by atoms with Crippen LogP contribution in [-0.4, -0.2) is 50.9 Å². The fourth-order valence-electron chi connectivity index (χ4n) is 4.72. The van der Waals surface area contributed by atoms with Crippen LogP contribution in [0.1, 0.15) is 32.2 Å². The second-order valence-electron chi connectivity index (χ2n) is 10.1. The minimum atomic E-state index is -4.54. The summed E-state index contributed by atoms with van der Waals surface area (Å²) in [5.74, 6) is 1.07. The third-order valence-corrected chi connectivity index (χ3v) is 8.42. The van der Waals surface area contributed by atoms with Gasteiger partial charge in [-0.25, -0.2) is 9.97 Å². The SMILES string of the molecule is CC(C)[SH+](=O)c1ccc(Nc2nc(CN3CCO[C@H](C)C3)nc3cc(-c4ncccc4C(F)(F)F)ccc23)cc1. The molecule has 1 fully saturated rings. The summed E-state index contributed by atoms with van der Waals surface area (Å²) in [7, 11) is -1.50. The zero-order valence-electron chi connectivity index (χ0n) is 22.4. The molecule has 1 unspecified atom stereocenters. The Bertz CT molecular complexity index is 1530. The van der Waals surface area contributed by atoms with Gasteiger partial charge in [0.2, 0.25) is 0 Å². The molecule has 2 atom stereocenters. The number of ether oxygens (including phenoxy) is 1. The Morgan fingerprint density at radius 1 is 1.12 bits per heavy atom. The minimum absolute atomic E-state index is 0.0382. The topological polar surface area (TPSA) is 80.2 Å². The molecule has 2 aromatic carbocycles. The number of thiol groups is 1. The van der Waals surface area contributed by atoms with Crippen LogP contribution in [0.2, 0.25) is 0 Å². The number of rotatable bonds is 7. The van der Waals surface area contributed by atoms with Crippen molar-refractivity contribution in [1.82, 2.24) is 19.9 Å². The average molecular weight is 571 g/mol. The highest BCUT2D eigenvalue weighted by Crippen LogP contribution is 2.37. The summed E-state index contributed by atoms with van der Waals surface area (Å²) in [6.07, 6.45) is -3.11. The summed E-state index contributed by atoms with van der Waals surface area (Å²) in [6.45, 7) is 8.38. The molecule has 1 N–H and O–H groups in total. The van der Waals surface area contributed by atoms with Crippen molar-refractivity contribution >= 4 is 33.2 Å². The van der Waals surface area contributed by atoms with E-state index >= 15 is 0 Å². The van der Waals surface area contributed by atoms with Gasteiger partial charge in [-0.2, -0.15) is 13.2 Å². The van der Waals surface area contributed by atoms with E-state index in [1.54, 1.807) is 18.2 Å². The molecule has 1 aliphatic heterocycles. The predicted octanol–water partition coefficient (Wildman–Crippen LogP) is 6.14. The maximum absolute atomic E-state index is 13.7. The molecule has 1 saturated heterocycles. The molecule has 210 valence electrons. The van der Waals surface area contributed by atoms with Gasteiger partial charge < -0.3 is 10.1 Å². The van der Waals surface area contributed by atoms with Crippen LogP contribution in [0.25, 0.3) is 22.2 Å². The van der Waals surface area contributed by atoms with E-state index in [0.29, 0.717) is 41.3 Å². The standard InChI is InChI=1S/C29H30F3N5O2S/c1-18(2)40(38)22-9-7-21(8-10-22)34-28-23-11-6-20(27-24(29(30,31)32)5-4-12-33-27)15-25(23)35-26(36-28)17-37-13-14-39-19(3)16-37/h4-12,15,18-19H,13-14,16-17H2,1-3H3,(H,34,35,36)/p+1/t19-,40?/m1/s1. The monoisotopic (exact) mass is 570 g/mol. The highest BCUT2D eigenvalue weighted by atomic mass is 32.2. The number of nitrogens with zero attached hydrogens (tertiary/aromatic N) is 4. The Morgan fingerprint density at radius 2 is 1.90 bits per heavy atom. The number of aromatic nitrogens is 3. The predicted molar refractivity (Wildman–Crippen MR) is 151 cm³/mol. The second kappa shape index (κ2) is 11.6. The van der Waals surface area contributed by atoms with Gasteiger partial charge in [0.15, 0.2) is 4.90 Å². The Balaban J connectivity index is 1.55. The summed E-state index contributed by atoms with van der Waals surface area (Å²) in [5.41, 5.74) is 0.616. The normalized spacial score (nSPS) is 17.3. The molecule has 40 heavy (non-hydrogen) atoms. The summed E-state index contributed by atoms with van der Waals surface area (Å²) in [4.78, 5) is 16.6. The molecule has 0 saturated carbocycles. The Morgan fingerprint density at radius 3 is 2.60 bits per heavy atom. The van der Waals surface area contributed by atoms with E-state index in [2.05, 4.69) is 15.2 Å². The number of hydrogen-bond acceptors (Lipinski definition) is 7. The van der Waals surface area contributed by atoms with E-state index in [4.69, 9.17) is 14.7 Å². The average Bonchev–Trinajstić information content (AvgIpc) is 2.92. The minimum Gasteiger partial charge on any atom is -0.376 e. The molecule has 3 heterocycles. The molecule has 2 aromatic heterocycles. The zero-order chi connectivity index (χ0) is 28.4. The van der Waals surface area contributed by atoms with Crippen molar-refractivity contribution in [1.29, 1.82) is 0 Å². The van der Waals surface area contributed by atoms with Crippen LogP contribution in [0.5, 0.6) is 0 Å². The number of hydrogen-bond donors (Lipinski definition) is 1. The van der Waals surface area contributed by atoms with E-state index in [1.807, 2.05) is 45.0 Å². The van der Waals surface area contributed by atoms with Crippen molar-refractivity contribution in [3.63, 3.8) is 0 Å². The van der Waals surface area contributed by atoms with Gasteiger partial charge in [-0.05, 0) is 69.3 Å². The molecule has 0 radical (unpaired) electrons. The van der Waals surface area contributed by atoms with E-state index in [1.165, 1.54) is 12.3 Å². The number of halogens is 3. The van der Waals surface area contributed by atoms with Crippen molar-refractivity contribution in [3.8, 4) is 11.3 Å². The molecule has 1 aliphatic rings. The molecule has 11 heteroatoms. The fraction of sp³-hybridized carbons (Fsp3) is 0.345. The van der Waals surface area contributed by atoms with Crippen LogP contribution in [0, 0.1) is 0 Å². The van der Waals surface area contributed by atoms with Crippen LogP contribution in [0.3, 0.4) is 0 Å². The first-order valence-corrected chi connectivity index (χ1v) is 14.4. The largest absolute Gasteiger partial charge is 0.418 e. The lowest BCUT2D eigenvalue weighted by Crippen LogP contribution is -2.40. The van der Waals surface area contributed by atoms with Gasteiger partial charge in [0.25, 0.3) is 0 Å². The van der Waals surface area contributed by atoms with Crippen LogP contribution in [0.15, 0.2) is 65.7 Å². The Labute approximate surface area is 233 Å². The van der Waals surface area contributed by atoms with Crippen molar-refractivity contribution in [2.45, 2.75) is 49.7 Å². The van der Waals surface area contributed by atoms with Gasteiger partial charge in [-0.3, -0.25) is 9.88 Å². The van der Waals surface area contributed by atoms with E-state index in [-0.39, 0.29) is 17.0 Å². The van der Waals surface area contributed by atoms with Gasteiger partial charge in [0, 0.05) is 35.9 Å². The molecule has 0 amide bonds. The molecule has 4 aromatic rings. The molecule has 0 spiro atoms. The first-order valence-electron chi connectivity index (χ1n) is 13.1. The van der Waals surface area contributed by atoms with Gasteiger partial charge in [0.05, 0.1) is 36.0 Å². The summed E-state index contributed by atoms with van der Waals surface area (Å²) in [6, 6.07) is 14.6. The Kier molecular flexibility index (Phi) is 8.16. The van der Waals surface area contributed by atoms with Crippen molar-refractivity contribution in [2.75, 3.05) is 25.0 Å². The molecule has 0 bridgehead atoms. The quantitative estimate of drug-likeness (QED) is 0.211. The lowest BCUT2D eigenvalue weighted by atomic mass is 10.0. The molecule has 5 rings (SSSR count). The maximum atomic E-state index is 13.7.